The van der Waals surface area contributed by atoms with E-state index in [4.69, 9.17) is 0 Å². The molecule has 1 aliphatic carbocycles. The number of fused-ring (bicyclic) bond motifs is 1. The maximum atomic E-state index is 14.0. The molecule has 2 heterocycles. The van der Waals surface area contributed by atoms with Crippen LogP contribution in [0.5, 0.6) is 0 Å². The highest BCUT2D eigenvalue weighted by Crippen LogP contribution is 2.48. The fraction of sp³-hybridized carbons (Fsp3) is 0.278. The molecule has 1 aliphatic rings. The van der Waals surface area contributed by atoms with Gasteiger partial charge in [-0.05, 0) is 18.2 Å². The SMILES string of the molecule is CC(=O)c1cc(C2CC(F)(F)C2)n2nc(-c3ccccc3F)cc2n1. The lowest BCUT2D eigenvalue weighted by molar-refractivity contribution is -0.0879. The molecule has 25 heavy (non-hydrogen) atoms. The van der Waals surface area contributed by atoms with Gasteiger partial charge in [0.2, 0.25) is 5.92 Å². The van der Waals surface area contributed by atoms with Crippen molar-refractivity contribution in [2.75, 3.05) is 0 Å². The van der Waals surface area contributed by atoms with E-state index in [0.717, 1.165) is 0 Å². The molecule has 7 heteroatoms. The number of benzene rings is 1. The maximum absolute atomic E-state index is 14.0. The minimum absolute atomic E-state index is 0.192. The van der Waals surface area contributed by atoms with Crippen molar-refractivity contribution in [2.45, 2.75) is 31.6 Å². The molecule has 1 fully saturated rings. The van der Waals surface area contributed by atoms with E-state index in [1.807, 2.05) is 0 Å². The first-order chi connectivity index (χ1) is 11.8. The summed E-state index contributed by atoms with van der Waals surface area (Å²) in [5.74, 6) is -3.80. The topological polar surface area (TPSA) is 47.3 Å². The van der Waals surface area contributed by atoms with E-state index in [-0.39, 0.29) is 24.3 Å². The molecule has 4 rings (SSSR count). The van der Waals surface area contributed by atoms with Gasteiger partial charge in [-0.1, -0.05) is 12.1 Å². The highest BCUT2D eigenvalue weighted by molar-refractivity contribution is 5.92. The lowest BCUT2D eigenvalue weighted by Gasteiger charge is -2.35. The average molecular weight is 345 g/mol. The molecule has 0 spiro atoms. The van der Waals surface area contributed by atoms with Gasteiger partial charge >= 0.3 is 0 Å². The van der Waals surface area contributed by atoms with Crippen molar-refractivity contribution in [3.05, 3.63) is 53.6 Å². The van der Waals surface area contributed by atoms with Gasteiger partial charge in [0.05, 0.1) is 11.4 Å². The van der Waals surface area contributed by atoms with Crippen LogP contribution in [0.2, 0.25) is 0 Å². The van der Waals surface area contributed by atoms with Crippen molar-refractivity contribution < 1.29 is 18.0 Å². The van der Waals surface area contributed by atoms with Gasteiger partial charge in [0.15, 0.2) is 11.4 Å². The Hall–Kier alpha value is -2.70. The van der Waals surface area contributed by atoms with E-state index >= 15 is 0 Å². The van der Waals surface area contributed by atoms with Crippen LogP contribution < -0.4 is 0 Å². The molecule has 0 atom stereocenters. The number of aromatic nitrogens is 3. The molecular formula is C18H14F3N3O. The van der Waals surface area contributed by atoms with E-state index in [1.165, 1.54) is 23.6 Å². The molecule has 1 aromatic carbocycles. The monoisotopic (exact) mass is 345 g/mol. The summed E-state index contributed by atoms with van der Waals surface area (Å²) in [7, 11) is 0. The highest BCUT2D eigenvalue weighted by Gasteiger charge is 2.47. The number of carbonyl (C=O) groups excluding carboxylic acids is 1. The van der Waals surface area contributed by atoms with Crippen LogP contribution in [0.4, 0.5) is 13.2 Å². The molecule has 0 saturated heterocycles. The summed E-state index contributed by atoms with van der Waals surface area (Å²) in [4.78, 5) is 16.0. The van der Waals surface area contributed by atoms with Crippen LogP contribution in [-0.4, -0.2) is 26.3 Å². The Morgan fingerprint density at radius 1 is 1.24 bits per heavy atom. The standard InChI is InChI=1S/C18H14F3N3O/c1-10(25)14-6-16(11-8-18(20,21)9-11)24-17(22-14)7-15(23-24)12-4-2-3-5-13(12)19/h2-7,11H,8-9H2,1H3. The highest BCUT2D eigenvalue weighted by atomic mass is 19.3. The largest absolute Gasteiger partial charge is 0.293 e. The zero-order valence-electron chi connectivity index (χ0n) is 13.3. The fourth-order valence-corrected chi connectivity index (χ4v) is 3.14. The first-order valence-electron chi connectivity index (χ1n) is 7.88. The molecule has 0 N–H and O–H groups in total. The number of ketones is 1. The third-order valence-electron chi connectivity index (χ3n) is 4.47. The minimum atomic E-state index is -2.70. The summed E-state index contributed by atoms with van der Waals surface area (Å²) in [5, 5.41) is 4.35. The zero-order valence-corrected chi connectivity index (χ0v) is 13.3. The molecule has 0 radical (unpaired) electrons. The van der Waals surface area contributed by atoms with Crippen molar-refractivity contribution in [3.8, 4) is 11.3 Å². The number of hydrogen-bond acceptors (Lipinski definition) is 3. The van der Waals surface area contributed by atoms with E-state index in [0.29, 0.717) is 22.6 Å². The Kier molecular flexibility index (Phi) is 3.42. The maximum Gasteiger partial charge on any atom is 0.249 e. The number of hydrogen-bond donors (Lipinski definition) is 0. The predicted octanol–water partition coefficient (Wildman–Crippen LogP) is 4.25. The molecule has 0 aliphatic heterocycles. The third kappa shape index (κ3) is 2.69. The van der Waals surface area contributed by atoms with E-state index in [9.17, 15) is 18.0 Å². The van der Waals surface area contributed by atoms with Crippen molar-refractivity contribution >= 4 is 11.4 Å². The van der Waals surface area contributed by atoms with Crippen LogP contribution in [0, 0.1) is 5.82 Å². The first-order valence-corrected chi connectivity index (χ1v) is 7.88. The summed E-state index contributed by atoms with van der Waals surface area (Å²) in [6, 6.07) is 9.23. The number of nitrogens with zero attached hydrogens (tertiary/aromatic N) is 3. The van der Waals surface area contributed by atoms with Crippen LogP contribution in [0.3, 0.4) is 0 Å². The van der Waals surface area contributed by atoms with Crippen LogP contribution in [-0.2, 0) is 0 Å². The Bertz CT molecular complexity index is 988. The van der Waals surface area contributed by atoms with Crippen molar-refractivity contribution in [1.29, 1.82) is 0 Å². The minimum Gasteiger partial charge on any atom is -0.293 e. The summed E-state index contributed by atoms with van der Waals surface area (Å²) in [5.41, 5.74) is 1.68. The number of carbonyl (C=O) groups is 1. The summed E-state index contributed by atoms with van der Waals surface area (Å²) in [6.07, 6.45) is -0.587. The molecule has 3 aromatic rings. The lowest BCUT2D eigenvalue weighted by atomic mass is 9.79. The molecule has 128 valence electrons. The van der Waals surface area contributed by atoms with Crippen LogP contribution in [0.1, 0.15) is 41.9 Å². The van der Waals surface area contributed by atoms with Gasteiger partial charge in [-0.3, -0.25) is 4.79 Å². The number of alkyl halides is 2. The average Bonchev–Trinajstić information content (AvgIpc) is 2.95. The van der Waals surface area contributed by atoms with E-state index < -0.39 is 17.7 Å². The second-order valence-corrected chi connectivity index (χ2v) is 6.36. The van der Waals surface area contributed by atoms with E-state index in [1.54, 1.807) is 24.3 Å². The Balaban J connectivity index is 1.88. The lowest BCUT2D eigenvalue weighted by Crippen LogP contribution is -2.35. The smallest absolute Gasteiger partial charge is 0.249 e. The zero-order chi connectivity index (χ0) is 17.8. The molecule has 1 saturated carbocycles. The fourth-order valence-electron chi connectivity index (χ4n) is 3.14. The molecule has 0 bridgehead atoms. The van der Waals surface area contributed by atoms with Gasteiger partial charge in [0.25, 0.3) is 0 Å². The number of rotatable bonds is 3. The summed E-state index contributed by atoms with van der Waals surface area (Å²) < 4.78 is 42.1. The summed E-state index contributed by atoms with van der Waals surface area (Å²) in [6.45, 7) is 1.37. The number of halogens is 3. The normalized spacial score (nSPS) is 16.8. The first kappa shape index (κ1) is 15.8. The van der Waals surface area contributed by atoms with Crippen LogP contribution in [0.15, 0.2) is 36.4 Å². The van der Waals surface area contributed by atoms with Crippen LogP contribution in [0.25, 0.3) is 16.9 Å². The molecule has 2 aromatic heterocycles. The van der Waals surface area contributed by atoms with Gasteiger partial charge in [0.1, 0.15) is 11.5 Å². The van der Waals surface area contributed by atoms with Gasteiger partial charge in [0, 0.05) is 37.3 Å². The van der Waals surface area contributed by atoms with Crippen molar-refractivity contribution in [1.82, 2.24) is 14.6 Å². The summed E-state index contributed by atoms with van der Waals surface area (Å²) >= 11 is 0. The quantitative estimate of drug-likeness (QED) is 0.667. The van der Waals surface area contributed by atoms with Gasteiger partial charge < -0.3 is 0 Å². The number of Topliss-reactive ketones (excluding diaryl/α,β-unsaturated/α-hetero) is 1. The second kappa shape index (κ2) is 5.40. The molecule has 4 nitrogen and oxygen atoms in total. The van der Waals surface area contributed by atoms with Crippen LogP contribution >= 0.6 is 0 Å². The Morgan fingerprint density at radius 3 is 2.60 bits per heavy atom. The third-order valence-corrected chi connectivity index (χ3v) is 4.47. The van der Waals surface area contributed by atoms with Crippen molar-refractivity contribution in [3.63, 3.8) is 0 Å². The van der Waals surface area contributed by atoms with Gasteiger partial charge in [-0.15, -0.1) is 0 Å². The Labute approximate surface area is 141 Å². The second-order valence-electron chi connectivity index (χ2n) is 6.36. The van der Waals surface area contributed by atoms with E-state index in [2.05, 4.69) is 10.1 Å². The Morgan fingerprint density at radius 2 is 1.96 bits per heavy atom. The van der Waals surface area contributed by atoms with Gasteiger partial charge in [-0.25, -0.2) is 22.7 Å². The molecule has 0 unspecified atom stereocenters. The molecule has 0 amide bonds. The predicted molar refractivity (Wildman–Crippen MR) is 85.3 cm³/mol. The van der Waals surface area contributed by atoms with Gasteiger partial charge in [-0.2, -0.15) is 5.10 Å². The van der Waals surface area contributed by atoms with Crippen molar-refractivity contribution in [2.24, 2.45) is 0 Å². The molecular weight excluding hydrogens is 331 g/mol.